The van der Waals surface area contributed by atoms with Crippen LogP contribution in [0, 0.1) is 0 Å². The number of hydrogen-bond acceptors (Lipinski definition) is 4. The highest BCUT2D eigenvalue weighted by Gasteiger charge is 2.00. The van der Waals surface area contributed by atoms with Gasteiger partial charge < -0.3 is 11.5 Å². The van der Waals surface area contributed by atoms with Crippen LogP contribution >= 0.6 is 0 Å². The van der Waals surface area contributed by atoms with E-state index < -0.39 is 0 Å². The fourth-order valence-electron chi connectivity index (χ4n) is 0.598. The zero-order valence-electron chi connectivity index (χ0n) is 4.96. The molecule has 0 unspecified atom stereocenters. The number of H-pyrrole nitrogens is 1. The van der Waals surface area contributed by atoms with E-state index in [2.05, 4.69) is 15.4 Å². The van der Waals surface area contributed by atoms with Gasteiger partial charge in [-0.2, -0.15) is 0 Å². The third-order valence-corrected chi connectivity index (χ3v) is 1.10. The summed E-state index contributed by atoms with van der Waals surface area (Å²) in [6.45, 7) is 0.808. The third-order valence-electron chi connectivity index (χ3n) is 1.10. The molecule has 0 aliphatic rings. The molecule has 0 spiro atoms. The normalized spacial score (nSPS) is 10.0. The summed E-state index contributed by atoms with van der Waals surface area (Å²) in [6, 6.07) is 0. The molecule has 0 saturated carbocycles. The summed E-state index contributed by atoms with van der Waals surface area (Å²) >= 11 is 0. The zero-order chi connectivity index (χ0) is 6.69. The van der Waals surface area contributed by atoms with E-state index in [1.54, 1.807) is 0 Å². The summed E-state index contributed by atoms with van der Waals surface area (Å²) in [5.41, 5.74) is 12.2. The maximum atomic E-state index is 5.30. The van der Waals surface area contributed by atoms with Gasteiger partial charge in [0, 0.05) is 13.1 Å². The summed E-state index contributed by atoms with van der Waals surface area (Å²) in [4.78, 5) is 0. The van der Waals surface area contributed by atoms with Gasteiger partial charge in [0.05, 0.1) is 5.69 Å². The van der Waals surface area contributed by atoms with Crippen LogP contribution in [0.15, 0.2) is 0 Å². The maximum Gasteiger partial charge on any atom is 0.100 e. The van der Waals surface area contributed by atoms with Gasteiger partial charge in [0.15, 0.2) is 0 Å². The number of hydrogen-bond donors (Lipinski definition) is 3. The van der Waals surface area contributed by atoms with Crippen molar-refractivity contribution in [1.29, 1.82) is 0 Å². The molecule has 1 aromatic rings. The van der Waals surface area contributed by atoms with Gasteiger partial charge in [-0.1, -0.05) is 5.21 Å². The lowest BCUT2D eigenvalue weighted by atomic mass is 10.3. The number of nitrogens with zero attached hydrogens (tertiary/aromatic N) is 2. The first-order valence-electron chi connectivity index (χ1n) is 2.67. The highest BCUT2D eigenvalue weighted by Crippen LogP contribution is 1.95. The zero-order valence-corrected chi connectivity index (χ0v) is 4.96. The van der Waals surface area contributed by atoms with E-state index in [9.17, 15) is 0 Å². The van der Waals surface area contributed by atoms with Crippen LogP contribution in [0.2, 0.25) is 0 Å². The molecule has 0 aliphatic carbocycles. The number of aromatic amines is 1. The largest absolute Gasteiger partial charge is 0.325 e. The van der Waals surface area contributed by atoms with E-state index in [1.165, 1.54) is 0 Å². The number of aromatic nitrogens is 3. The van der Waals surface area contributed by atoms with Crippen LogP contribution < -0.4 is 11.5 Å². The highest BCUT2D eigenvalue weighted by atomic mass is 15.3. The molecule has 5 N–H and O–H groups in total. The molecular weight excluding hydrogens is 118 g/mol. The van der Waals surface area contributed by atoms with Gasteiger partial charge in [0.2, 0.25) is 0 Å². The van der Waals surface area contributed by atoms with Crippen LogP contribution in [-0.2, 0) is 13.1 Å². The lowest BCUT2D eigenvalue weighted by Gasteiger charge is -1.89. The van der Waals surface area contributed by atoms with Crippen molar-refractivity contribution in [3.8, 4) is 0 Å². The van der Waals surface area contributed by atoms with E-state index in [1.807, 2.05) is 0 Å². The summed E-state index contributed by atoms with van der Waals surface area (Å²) in [5.74, 6) is 0. The quantitative estimate of drug-likeness (QED) is 0.461. The predicted molar refractivity (Wildman–Crippen MR) is 32.2 cm³/mol. The van der Waals surface area contributed by atoms with Crippen molar-refractivity contribution in [2.24, 2.45) is 11.5 Å². The van der Waals surface area contributed by atoms with Gasteiger partial charge in [0.25, 0.3) is 0 Å². The van der Waals surface area contributed by atoms with E-state index in [-0.39, 0.29) is 0 Å². The Morgan fingerprint density at radius 1 is 1.33 bits per heavy atom. The van der Waals surface area contributed by atoms with Crippen molar-refractivity contribution in [2.75, 3.05) is 0 Å². The molecule has 50 valence electrons. The van der Waals surface area contributed by atoms with Gasteiger partial charge in [-0.05, 0) is 0 Å². The van der Waals surface area contributed by atoms with Crippen molar-refractivity contribution in [3.05, 3.63) is 11.4 Å². The molecular formula is C4H9N5. The molecule has 5 nitrogen and oxygen atoms in total. The lowest BCUT2D eigenvalue weighted by molar-refractivity contribution is 0.893. The summed E-state index contributed by atoms with van der Waals surface area (Å²) < 4.78 is 0. The Morgan fingerprint density at radius 2 is 2.11 bits per heavy atom. The second-order valence-corrected chi connectivity index (χ2v) is 1.65. The monoisotopic (exact) mass is 127 g/mol. The fraction of sp³-hybridized carbons (Fsp3) is 0.500. The van der Waals surface area contributed by atoms with Crippen molar-refractivity contribution >= 4 is 0 Å². The van der Waals surface area contributed by atoms with Gasteiger partial charge in [0.1, 0.15) is 5.69 Å². The third kappa shape index (κ3) is 1.06. The molecule has 0 amide bonds. The van der Waals surface area contributed by atoms with E-state index in [4.69, 9.17) is 11.5 Å². The van der Waals surface area contributed by atoms with Crippen LogP contribution in [0.3, 0.4) is 0 Å². The van der Waals surface area contributed by atoms with Crippen molar-refractivity contribution < 1.29 is 0 Å². The van der Waals surface area contributed by atoms with Gasteiger partial charge >= 0.3 is 0 Å². The first kappa shape index (κ1) is 6.18. The minimum Gasteiger partial charge on any atom is -0.325 e. The lowest BCUT2D eigenvalue weighted by Crippen LogP contribution is -2.05. The van der Waals surface area contributed by atoms with Gasteiger partial charge in [-0.3, -0.25) is 5.10 Å². The standard InChI is InChI=1S/C4H9N5/c5-1-3-4(2-6)8-9-7-3/h1-2,5-6H2,(H,7,8,9). The Morgan fingerprint density at radius 3 is 2.56 bits per heavy atom. The molecule has 0 aromatic carbocycles. The molecule has 0 bridgehead atoms. The molecule has 0 radical (unpaired) electrons. The summed E-state index contributed by atoms with van der Waals surface area (Å²) in [7, 11) is 0. The van der Waals surface area contributed by atoms with Crippen LogP contribution in [0.5, 0.6) is 0 Å². The summed E-state index contributed by atoms with van der Waals surface area (Å²) in [6.07, 6.45) is 0. The average Bonchev–Trinajstić information content (AvgIpc) is 2.33. The minimum atomic E-state index is 0.392. The molecule has 0 fully saturated rings. The van der Waals surface area contributed by atoms with Crippen molar-refractivity contribution in [1.82, 2.24) is 15.4 Å². The topological polar surface area (TPSA) is 93.6 Å². The van der Waals surface area contributed by atoms with E-state index in [0.717, 1.165) is 11.4 Å². The second-order valence-electron chi connectivity index (χ2n) is 1.65. The Hall–Kier alpha value is -0.940. The second kappa shape index (κ2) is 2.56. The smallest absolute Gasteiger partial charge is 0.100 e. The molecule has 1 rings (SSSR count). The van der Waals surface area contributed by atoms with E-state index in [0.29, 0.717) is 13.1 Å². The predicted octanol–water partition coefficient (Wildman–Crippen LogP) is -1.28. The molecule has 5 heteroatoms. The fourth-order valence-corrected chi connectivity index (χ4v) is 0.598. The van der Waals surface area contributed by atoms with Crippen molar-refractivity contribution in [2.45, 2.75) is 13.1 Å². The maximum absolute atomic E-state index is 5.30. The molecule has 1 aromatic heterocycles. The number of nitrogens with one attached hydrogen (secondary N) is 1. The Labute approximate surface area is 52.4 Å². The minimum absolute atomic E-state index is 0.392. The first-order chi connectivity index (χ1) is 4.38. The molecule has 0 saturated heterocycles. The highest BCUT2D eigenvalue weighted by molar-refractivity contribution is 5.06. The Bertz CT molecular complexity index is 162. The molecule has 0 aliphatic heterocycles. The van der Waals surface area contributed by atoms with Crippen LogP contribution in [0.1, 0.15) is 11.4 Å². The van der Waals surface area contributed by atoms with Crippen LogP contribution in [0.25, 0.3) is 0 Å². The van der Waals surface area contributed by atoms with Gasteiger partial charge in [-0.25, -0.2) is 0 Å². The number of rotatable bonds is 2. The Balaban J connectivity index is 2.85. The first-order valence-corrected chi connectivity index (χ1v) is 2.67. The summed E-state index contributed by atoms with van der Waals surface area (Å²) in [5, 5.41) is 9.86. The van der Waals surface area contributed by atoms with Gasteiger partial charge in [-0.15, -0.1) is 5.10 Å². The van der Waals surface area contributed by atoms with Crippen molar-refractivity contribution in [3.63, 3.8) is 0 Å². The SMILES string of the molecule is NCc1nn[nH]c1CN. The van der Waals surface area contributed by atoms with Crippen LogP contribution in [-0.4, -0.2) is 15.4 Å². The molecule has 1 heterocycles. The van der Waals surface area contributed by atoms with Crippen LogP contribution in [0.4, 0.5) is 0 Å². The Kier molecular flexibility index (Phi) is 1.76. The molecule has 9 heavy (non-hydrogen) atoms. The average molecular weight is 127 g/mol. The molecule has 0 atom stereocenters. The van der Waals surface area contributed by atoms with E-state index >= 15 is 0 Å². The number of nitrogens with two attached hydrogens (primary N) is 2.